The van der Waals surface area contributed by atoms with Gasteiger partial charge in [-0.3, -0.25) is 9.69 Å². The number of benzene rings is 1. The van der Waals surface area contributed by atoms with Crippen molar-refractivity contribution in [3.63, 3.8) is 0 Å². The summed E-state index contributed by atoms with van der Waals surface area (Å²) < 4.78 is 13.9. The molecule has 1 aromatic rings. The predicted octanol–water partition coefficient (Wildman–Crippen LogP) is 2.54. The fourth-order valence-electron chi connectivity index (χ4n) is 4.80. The summed E-state index contributed by atoms with van der Waals surface area (Å²) in [5.41, 5.74) is 0.507. The van der Waals surface area contributed by atoms with Crippen LogP contribution in [0.15, 0.2) is 24.3 Å². The molecule has 0 aromatic heterocycles. The van der Waals surface area contributed by atoms with Crippen LogP contribution in [-0.4, -0.2) is 83.4 Å². The van der Waals surface area contributed by atoms with Crippen LogP contribution in [0.3, 0.4) is 0 Å². The second kappa shape index (κ2) is 9.11. The minimum absolute atomic E-state index is 0.0226. The maximum atomic E-state index is 13.9. The quantitative estimate of drug-likeness (QED) is 0.761. The van der Waals surface area contributed by atoms with E-state index in [1.807, 2.05) is 4.90 Å². The van der Waals surface area contributed by atoms with E-state index in [4.69, 9.17) is 0 Å². The Labute approximate surface area is 172 Å². The Morgan fingerprint density at radius 2 is 1.62 bits per heavy atom. The molecule has 6 nitrogen and oxygen atoms in total. The van der Waals surface area contributed by atoms with Crippen LogP contribution in [0.25, 0.3) is 0 Å². The van der Waals surface area contributed by atoms with Crippen molar-refractivity contribution in [2.75, 3.05) is 45.8 Å². The smallest absolute Gasteiger partial charge is 0.320 e. The largest absolute Gasteiger partial charge is 0.339 e. The number of hydrogen-bond acceptors (Lipinski definition) is 3. The Morgan fingerprint density at radius 1 is 0.931 bits per heavy atom. The van der Waals surface area contributed by atoms with Crippen LogP contribution in [0.2, 0.25) is 0 Å². The molecule has 0 radical (unpaired) electrons. The fraction of sp³-hybridized carbons (Fsp3) is 0.636. The van der Waals surface area contributed by atoms with Gasteiger partial charge < -0.3 is 14.7 Å². The lowest BCUT2D eigenvalue weighted by Crippen LogP contribution is -2.54. The number of amides is 3. The number of carbonyl (C=O) groups excluding carboxylic acids is 2. The molecule has 3 aliphatic rings. The molecule has 0 N–H and O–H groups in total. The summed E-state index contributed by atoms with van der Waals surface area (Å²) in [6, 6.07) is 7.03. The summed E-state index contributed by atoms with van der Waals surface area (Å²) in [7, 11) is 0. The number of urea groups is 1. The van der Waals surface area contributed by atoms with E-state index in [-0.39, 0.29) is 30.8 Å². The van der Waals surface area contributed by atoms with Crippen molar-refractivity contribution in [1.29, 1.82) is 0 Å². The summed E-state index contributed by atoms with van der Waals surface area (Å²) in [5, 5.41) is 0. The van der Waals surface area contributed by atoms with Gasteiger partial charge in [0.2, 0.25) is 5.91 Å². The summed E-state index contributed by atoms with van der Waals surface area (Å²) in [6.45, 7) is 4.77. The highest BCUT2D eigenvalue weighted by molar-refractivity contribution is 5.85. The molecule has 0 bridgehead atoms. The molecule has 3 amide bonds. The van der Waals surface area contributed by atoms with E-state index in [2.05, 4.69) is 4.90 Å². The monoisotopic (exact) mass is 402 g/mol. The SMILES string of the molecule is O=C(CN1CCN(Cc2ccccc2F)C1=O)N1CCN(C2CCCCC2)CC1. The maximum Gasteiger partial charge on any atom is 0.320 e. The Bertz CT molecular complexity index is 729. The van der Waals surface area contributed by atoms with E-state index in [1.54, 1.807) is 28.0 Å². The number of piperazine rings is 1. The van der Waals surface area contributed by atoms with E-state index in [1.165, 1.54) is 38.2 Å². The normalized spacial score (nSPS) is 21.8. The standard InChI is InChI=1S/C22H31FN4O2/c23-20-9-5-4-6-18(20)16-26-14-15-27(22(26)29)17-21(28)25-12-10-24(11-13-25)19-7-2-1-3-8-19/h4-6,9,19H,1-3,7-8,10-17H2. The zero-order valence-electron chi connectivity index (χ0n) is 17.1. The van der Waals surface area contributed by atoms with Gasteiger partial charge in [-0.05, 0) is 18.9 Å². The van der Waals surface area contributed by atoms with Crippen molar-refractivity contribution in [2.24, 2.45) is 0 Å². The molecule has 158 valence electrons. The molecule has 7 heteroatoms. The van der Waals surface area contributed by atoms with Crippen LogP contribution in [-0.2, 0) is 11.3 Å². The minimum atomic E-state index is -0.300. The first-order valence-electron chi connectivity index (χ1n) is 10.9. The zero-order chi connectivity index (χ0) is 20.2. The summed E-state index contributed by atoms with van der Waals surface area (Å²) in [6.07, 6.45) is 6.57. The second-order valence-electron chi connectivity index (χ2n) is 8.43. The van der Waals surface area contributed by atoms with Gasteiger partial charge in [0.1, 0.15) is 12.4 Å². The first-order chi connectivity index (χ1) is 14.1. The number of halogens is 1. The Kier molecular flexibility index (Phi) is 6.33. The van der Waals surface area contributed by atoms with E-state index in [0.717, 1.165) is 26.2 Å². The molecule has 3 fully saturated rings. The van der Waals surface area contributed by atoms with Crippen LogP contribution >= 0.6 is 0 Å². The van der Waals surface area contributed by atoms with Gasteiger partial charge in [0, 0.05) is 50.9 Å². The highest BCUT2D eigenvalue weighted by atomic mass is 19.1. The summed E-state index contributed by atoms with van der Waals surface area (Å²) in [5.74, 6) is -0.278. The third kappa shape index (κ3) is 4.71. The van der Waals surface area contributed by atoms with Gasteiger partial charge in [-0.1, -0.05) is 37.5 Å². The van der Waals surface area contributed by atoms with Gasteiger partial charge in [-0.15, -0.1) is 0 Å². The Hall–Kier alpha value is -2.15. The van der Waals surface area contributed by atoms with Crippen molar-refractivity contribution in [3.05, 3.63) is 35.6 Å². The molecular weight excluding hydrogens is 371 g/mol. The van der Waals surface area contributed by atoms with E-state index in [9.17, 15) is 14.0 Å². The average Bonchev–Trinajstić information content (AvgIpc) is 3.10. The average molecular weight is 403 g/mol. The van der Waals surface area contributed by atoms with Crippen LogP contribution in [0, 0.1) is 5.82 Å². The number of nitrogens with zero attached hydrogens (tertiary/aromatic N) is 4. The second-order valence-corrected chi connectivity index (χ2v) is 8.43. The fourth-order valence-corrected chi connectivity index (χ4v) is 4.80. The molecule has 4 rings (SSSR count). The molecule has 1 aliphatic carbocycles. The number of hydrogen-bond donors (Lipinski definition) is 0. The number of rotatable bonds is 5. The Balaban J connectivity index is 1.25. The molecule has 2 heterocycles. The summed E-state index contributed by atoms with van der Waals surface area (Å²) in [4.78, 5) is 33.0. The molecular formula is C22H31FN4O2. The van der Waals surface area contributed by atoms with Crippen molar-refractivity contribution in [3.8, 4) is 0 Å². The zero-order valence-corrected chi connectivity index (χ0v) is 17.1. The van der Waals surface area contributed by atoms with Gasteiger partial charge >= 0.3 is 6.03 Å². The third-order valence-corrected chi connectivity index (χ3v) is 6.58. The van der Waals surface area contributed by atoms with Crippen LogP contribution in [0.1, 0.15) is 37.7 Å². The van der Waals surface area contributed by atoms with Crippen molar-refractivity contribution >= 4 is 11.9 Å². The highest BCUT2D eigenvalue weighted by Gasteiger charge is 2.33. The lowest BCUT2D eigenvalue weighted by Gasteiger charge is -2.41. The van der Waals surface area contributed by atoms with Gasteiger partial charge in [-0.2, -0.15) is 0 Å². The number of carbonyl (C=O) groups is 2. The minimum Gasteiger partial charge on any atom is -0.339 e. The van der Waals surface area contributed by atoms with Gasteiger partial charge in [0.05, 0.1) is 6.54 Å². The molecule has 2 saturated heterocycles. The Morgan fingerprint density at radius 3 is 2.34 bits per heavy atom. The first-order valence-corrected chi connectivity index (χ1v) is 10.9. The van der Waals surface area contributed by atoms with E-state index in [0.29, 0.717) is 24.7 Å². The van der Waals surface area contributed by atoms with Gasteiger partial charge in [0.15, 0.2) is 0 Å². The molecule has 29 heavy (non-hydrogen) atoms. The van der Waals surface area contributed by atoms with Crippen molar-refractivity contribution in [1.82, 2.24) is 19.6 Å². The molecule has 0 atom stereocenters. The predicted molar refractivity (Wildman–Crippen MR) is 109 cm³/mol. The molecule has 1 saturated carbocycles. The maximum absolute atomic E-state index is 13.9. The van der Waals surface area contributed by atoms with Crippen LogP contribution in [0.5, 0.6) is 0 Å². The summed E-state index contributed by atoms with van der Waals surface area (Å²) >= 11 is 0. The van der Waals surface area contributed by atoms with Crippen LogP contribution < -0.4 is 0 Å². The lowest BCUT2D eigenvalue weighted by atomic mass is 9.94. The van der Waals surface area contributed by atoms with Gasteiger partial charge in [-0.25, -0.2) is 9.18 Å². The topological polar surface area (TPSA) is 47.1 Å². The molecule has 1 aromatic carbocycles. The molecule has 2 aliphatic heterocycles. The van der Waals surface area contributed by atoms with Crippen molar-refractivity contribution < 1.29 is 14.0 Å². The molecule has 0 unspecified atom stereocenters. The third-order valence-electron chi connectivity index (χ3n) is 6.58. The van der Waals surface area contributed by atoms with E-state index < -0.39 is 0 Å². The van der Waals surface area contributed by atoms with Gasteiger partial charge in [0.25, 0.3) is 0 Å². The van der Waals surface area contributed by atoms with Crippen molar-refractivity contribution in [2.45, 2.75) is 44.7 Å². The first kappa shape index (κ1) is 20.1. The lowest BCUT2D eigenvalue weighted by molar-refractivity contribution is -0.133. The highest BCUT2D eigenvalue weighted by Crippen LogP contribution is 2.23. The van der Waals surface area contributed by atoms with E-state index >= 15 is 0 Å². The molecule has 0 spiro atoms. The van der Waals surface area contributed by atoms with Crippen LogP contribution in [0.4, 0.5) is 9.18 Å².